The molecule has 1 atom stereocenters. The second kappa shape index (κ2) is 6.13. The Hall–Kier alpha value is -1.44. The number of rotatable bonds is 3. The minimum atomic E-state index is -3.54. The molecule has 1 aliphatic rings. The van der Waals surface area contributed by atoms with Crippen LogP contribution in [0.3, 0.4) is 0 Å². The van der Waals surface area contributed by atoms with Crippen molar-refractivity contribution >= 4 is 15.9 Å². The highest BCUT2D eigenvalue weighted by Gasteiger charge is 2.24. The van der Waals surface area contributed by atoms with E-state index in [1.165, 1.54) is 26.2 Å². The van der Waals surface area contributed by atoms with Gasteiger partial charge in [0, 0.05) is 32.7 Å². The van der Waals surface area contributed by atoms with Gasteiger partial charge in [-0.05, 0) is 25.1 Å². The van der Waals surface area contributed by atoms with Gasteiger partial charge in [-0.25, -0.2) is 12.7 Å². The van der Waals surface area contributed by atoms with Gasteiger partial charge < -0.3 is 9.64 Å². The summed E-state index contributed by atoms with van der Waals surface area (Å²) in [4.78, 5) is 14.3. The number of hydrogen-bond acceptors (Lipinski definition) is 4. The molecule has 7 heteroatoms. The number of nitrogens with zero attached hydrogens (tertiary/aromatic N) is 2. The number of sulfonamides is 1. The van der Waals surface area contributed by atoms with Crippen LogP contribution in [0.5, 0.6) is 0 Å². The maximum atomic E-state index is 12.5. The molecular formula is C14H20N2O4S. The highest BCUT2D eigenvalue weighted by molar-refractivity contribution is 7.89. The van der Waals surface area contributed by atoms with Crippen molar-refractivity contribution in [1.29, 1.82) is 0 Å². The molecule has 1 saturated heterocycles. The second-order valence-corrected chi connectivity index (χ2v) is 7.40. The molecule has 0 spiro atoms. The molecule has 1 amide bonds. The van der Waals surface area contributed by atoms with Crippen molar-refractivity contribution in [1.82, 2.24) is 9.21 Å². The van der Waals surface area contributed by atoms with Crippen molar-refractivity contribution in [2.45, 2.75) is 17.9 Å². The molecule has 0 aliphatic carbocycles. The summed E-state index contributed by atoms with van der Waals surface area (Å²) in [6.07, 6.45) is -0.00334. The third-order valence-corrected chi connectivity index (χ3v) is 5.20. The minimum Gasteiger partial charge on any atom is -0.375 e. The molecular weight excluding hydrogens is 292 g/mol. The standard InChI is InChI=1S/C14H20N2O4S/c1-11-10-16(7-8-20-11)14(17)12-5-4-6-13(9-12)21(18,19)15(2)3/h4-6,9,11H,7-8,10H2,1-3H3. The van der Waals surface area contributed by atoms with Gasteiger partial charge in [-0.2, -0.15) is 0 Å². The summed E-state index contributed by atoms with van der Waals surface area (Å²) in [5, 5.41) is 0. The predicted molar refractivity (Wildman–Crippen MR) is 78.6 cm³/mol. The number of ether oxygens (including phenoxy) is 1. The minimum absolute atomic E-state index is 0.00334. The monoisotopic (exact) mass is 312 g/mol. The molecule has 1 heterocycles. The Morgan fingerprint density at radius 2 is 2.10 bits per heavy atom. The van der Waals surface area contributed by atoms with Crippen LogP contribution < -0.4 is 0 Å². The van der Waals surface area contributed by atoms with E-state index in [4.69, 9.17) is 4.74 Å². The average Bonchev–Trinajstić information content (AvgIpc) is 2.46. The van der Waals surface area contributed by atoms with E-state index in [-0.39, 0.29) is 16.9 Å². The van der Waals surface area contributed by atoms with Crippen molar-refractivity contribution in [3.05, 3.63) is 29.8 Å². The van der Waals surface area contributed by atoms with Crippen LogP contribution in [0.15, 0.2) is 29.2 Å². The Morgan fingerprint density at radius 1 is 1.38 bits per heavy atom. The third-order valence-electron chi connectivity index (χ3n) is 3.39. The van der Waals surface area contributed by atoms with Gasteiger partial charge in [0.15, 0.2) is 0 Å². The lowest BCUT2D eigenvalue weighted by Crippen LogP contribution is -2.44. The molecule has 21 heavy (non-hydrogen) atoms. The number of amides is 1. The number of carbonyl (C=O) groups excluding carboxylic acids is 1. The summed E-state index contributed by atoms with van der Waals surface area (Å²) in [5.74, 6) is -0.166. The van der Waals surface area contributed by atoms with Crippen LogP contribution in [-0.2, 0) is 14.8 Å². The molecule has 1 fully saturated rings. The lowest BCUT2D eigenvalue weighted by atomic mass is 10.2. The van der Waals surface area contributed by atoms with Gasteiger partial charge in [0.1, 0.15) is 0 Å². The highest BCUT2D eigenvalue weighted by Crippen LogP contribution is 2.17. The fourth-order valence-corrected chi connectivity index (χ4v) is 3.13. The Labute approximate surface area is 125 Å². The van der Waals surface area contributed by atoms with E-state index in [1.54, 1.807) is 17.0 Å². The van der Waals surface area contributed by atoms with Gasteiger partial charge in [0.05, 0.1) is 17.6 Å². The zero-order chi connectivity index (χ0) is 15.6. The molecule has 116 valence electrons. The van der Waals surface area contributed by atoms with Gasteiger partial charge in [-0.3, -0.25) is 4.79 Å². The van der Waals surface area contributed by atoms with Crippen molar-refractivity contribution in [2.24, 2.45) is 0 Å². The number of morpholine rings is 1. The highest BCUT2D eigenvalue weighted by atomic mass is 32.2. The first kappa shape index (κ1) is 15.9. The predicted octanol–water partition coefficient (Wildman–Crippen LogP) is 0.798. The van der Waals surface area contributed by atoms with E-state index < -0.39 is 10.0 Å². The lowest BCUT2D eigenvalue weighted by Gasteiger charge is -2.31. The SMILES string of the molecule is CC1CN(C(=O)c2cccc(S(=O)(=O)N(C)C)c2)CCO1. The summed E-state index contributed by atoms with van der Waals surface area (Å²) >= 11 is 0. The van der Waals surface area contributed by atoms with Crippen molar-refractivity contribution < 1.29 is 17.9 Å². The Bertz CT molecular complexity index is 628. The molecule has 1 aromatic rings. The molecule has 1 unspecified atom stereocenters. The van der Waals surface area contributed by atoms with Gasteiger partial charge in [0.2, 0.25) is 10.0 Å². The van der Waals surface area contributed by atoms with Gasteiger partial charge >= 0.3 is 0 Å². The van der Waals surface area contributed by atoms with Crippen LogP contribution in [0, 0.1) is 0 Å². The van der Waals surface area contributed by atoms with Crippen LogP contribution in [0.2, 0.25) is 0 Å². The fourth-order valence-electron chi connectivity index (χ4n) is 2.19. The second-order valence-electron chi connectivity index (χ2n) is 5.25. The van der Waals surface area contributed by atoms with Crippen LogP contribution in [0.4, 0.5) is 0 Å². The first-order valence-electron chi connectivity index (χ1n) is 6.76. The number of hydrogen-bond donors (Lipinski definition) is 0. The zero-order valence-electron chi connectivity index (χ0n) is 12.4. The van der Waals surface area contributed by atoms with E-state index in [1.807, 2.05) is 6.92 Å². The molecule has 0 radical (unpaired) electrons. The molecule has 0 saturated carbocycles. The smallest absolute Gasteiger partial charge is 0.254 e. The van der Waals surface area contributed by atoms with Gasteiger partial charge in [0.25, 0.3) is 5.91 Å². The molecule has 2 rings (SSSR count). The summed E-state index contributed by atoms with van der Waals surface area (Å²) in [5.41, 5.74) is 0.382. The summed E-state index contributed by atoms with van der Waals surface area (Å²) in [7, 11) is -0.605. The van der Waals surface area contributed by atoms with E-state index in [0.29, 0.717) is 25.3 Å². The normalized spacial score (nSPS) is 19.8. The fraction of sp³-hybridized carbons (Fsp3) is 0.500. The van der Waals surface area contributed by atoms with Gasteiger partial charge in [-0.1, -0.05) is 6.07 Å². The van der Waals surface area contributed by atoms with Crippen LogP contribution in [0.1, 0.15) is 17.3 Å². The molecule has 0 N–H and O–H groups in total. The summed E-state index contributed by atoms with van der Waals surface area (Å²) in [6.45, 7) is 3.45. The van der Waals surface area contributed by atoms with E-state index >= 15 is 0 Å². The first-order valence-corrected chi connectivity index (χ1v) is 8.20. The molecule has 0 aromatic heterocycles. The van der Waals surface area contributed by atoms with Crippen LogP contribution >= 0.6 is 0 Å². The Kier molecular flexibility index (Phi) is 4.65. The van der Waals surface area contributed by atoms with Crippen molar-refractivity contribution in [3.8, 4) is 0 Å². The third kappa shape index (κ3) is 3.42. The first-order chi connectivity index (χ1) is 9.82. The maximum absolute atomic E-state index is 12.5. The van der Waals surface area contributed by atoms with Crippen LogP contribution in [0.25, 0.3) is 0 Å². The average molecular weight is 312 g/mol. The number of benzene rings is 1. The number of carbonyl (C=O) groups is 1. The maximum Gasteiger partial charge on any atom is 0.254 e. The Balaban J connectivity index is 2.27. The van der Waals surface area contributed by atoms with Crippen molar-refractivity contribution in [2.75, 3.05) is 33.8 Å². The van der Waals surface area contributed by atoms with E-state index in [2.05, 4.69) is 0 Å². The van der Waals surface area contributed by atoms with Crippen molar-refractivity contribution in [3.63, 3.8) is 0 Å². The van der Waals surface area contributed by atoms with E-state index in [9.17, 15) is 13.2 Å². The summed E-state index contributed by atoms with van der Waals surface area (Å²) < 4.78 is 30.8. The Morgan fingerprint density at radius 3 is 2.71 bits per heavy atom. The largest absolute Gasteiger partial charge is 0.375 e. The molecule has 0 bridgehead atoms. The zero-order valence-corrected chi connectivity index (χ0v) is 13.3. The van der Waals surface area contributed by atoms with E-state index in [0.717, 1.165) is 4.31 Å². The topological polar surface area (TPSA) is 66.9 Å². The van der Waals surface area contributed by atoms with Crippen LogP contribution in [-0.4, -0.2) is 63.4 Å². The lowest BCUT2D eigenvalue weighted by molar-refractivity contribution is -0.0124. The molecule has 6 nitrogen and oxygen atoms in total. The summed E-state index contributed by atoms with van der Waals surface area (Å²) in [6, 6.07) is 6.15. The van der Waals surface area contributed by atoms with Gasteiger partial charge in [-0.15, -0.1) is 0 Å². The quantitative estimate of drug-likeness (QED) is 0.828. The molecule has 1 aliphatic heterocycles. The molecule has 1 aromatic carbocycles.